The molecule has 1 atom stereocenters. The number of aryl methyl sites for hydroxylation is 1. The molecule has 170 valence electrons. The van der Waals surface area contributed by atoms with E-state index in [-0.39, 0.29) is 22.8 Å². The SMILES string of the molecule is CCc1ccc2c(c1)C(O)C(C(=O)Nc1ccc(Oc3ccnc(N)c3)c(F)c1)=C(C)N2C. The molecule has 3 aromatic rings. The zero-order chi connectivity index (χ0) is 23.7. The smallest absolute Gasteiger partial charge is 0.256 e. The predicted molar refractivity (Wildman–Crippen MR) is 126 cm³/mol. The molecule has 1 aliphatic rings. The Bertz CT molecular complexity index is 1260. The Kier molecular flexibility index (Phi) is 6.02. The number of allylic oxidation sites excluding steroid dienone is 1. The van der Waals surface area contributed by atoms with Crippen molar-refractivity contribution in [1.82, 2.24) is 4.98 Å². The van der Waals surface area contributed by atoms with Gasteiger partial charge in [-0.25, -0.2) is 9.37 Å². The molecule has 4 rings (SSSR count). The fourth-order valence-corrected chi connectivity index (χ4v) is 3.83. The molecule has 0 saturated heterocycles. The maximum atomic E-state index is 14.6. The van der Waals surface area contributed by atoms with Crippen LogP contribution in [0.1, 0.15) is 31.1 Å². The lowest BCUT2D eigenvalue weighted by Gasteiger charge is -2.34. The number of pyridine rings is 1. The van der Waals surface area contributed by atoms with Crippen LogP contribution in [0.4, 0.5) is 21.6 Å². The zero-order valence-corrected chi connectivity index (χ0v) is 18.6. The van der Waals surface area contributed by atoms with Gasteiger partial charge in [-0.1, -0.05) is 19.1 Å². The third-order valence-electron chi connectivity index (χ3n) is 5.74. The van der Waals surface area contributed by atoms with E-state index in [0.717, 1.165) is 23.7 Å². The van der Waals surface area contributed by atoms with Crippen molar-refractivity contribution in [3.05, 3.63) is 82.9 Å². The fraction of sp³-hybridized carbons (Fsp3) is 0.200. The molecule has 0 spiro atoms. The first kappa shape index (κ1) is 22.3. The van der Waals surface area contributed by atoms with Crippen LogP contribution in [0.25, 0.3) is 0 Å². The molecule has 7 nitrogen and oxygen atoms in total. The molecule has 0 radical (unpaired) electrons. The van der Waals surface area contributed by atoms with Crippen LogP contribution >= 0.6 is 0 Å². The number of anilines is 3. The molecule has 1 aromatic heterocycles. The van der Waals surface area contributed by atoms with Crippen molar-refractivity contribution >= 4 is 23.1 Å². The molecule has 1 unspecified atom stereocenters. The van der Waals surface area contributed by atoms with Gasteiger partial charge in [0.2, 0.25) is 0 Å². The molecule has 0 aliphatic carbocycles. The van der Waals surface area contributed by atoms with E-state index in [1.54, 1.807) is 13.0 Å². The number of aromatic nitrogens is 1. The minimum atomic E-state index is -1.09. The first-order valence-electron chi connectivity index (χ1n) is 10.5. The molecule has 2 heterocycles. The summed E-state index contributed by atoms with van der Waals surface area (Å²) in [5, 5.41) is 13.7. The minimum Gasteiger partial charge on any atom is -0.454 e. The highest BCUT2D eigenvalue weighted by atomic mass is 19.1. The van der Waals surface area contributed by atoms with Gasteiger partial charge >= 0.3 is 0 Å². The number of aliphatic hydroxyl groups is 1. The van der Waals surface area contributed by atoms with Crippen molar-refractivity contribution in [3.63, 3.8) is 0 Å². The number of nitrogens with zero attached hydrogens (tertiary/aromatic N) is 2. The summed E-state index contributed by atoms with van der Waals surface area (Å²) in [5.74, 6) is -0.587. The molecule has 8 heteroatoms. The summed E-state index contributed by atoms with van der Waals surface area (Å²) < 4.78 is 20.1. The van der Waals surface area contributed by atoms with E-state index in [4.69, 9.17) is 10.5 Å². The molecule has 0 saturated carbocycles. The number of fused-ring (bicyclic) bond motifs is 1. The maximum Gasteiger partial charge on any atom is 0.256 e. The zero-order valence-electron chi connectivity index (χ0n) is 18.6. The lowest BCUT2D eigenvalue weighted by Crippen LogP contribution is -2.31. The number of nitrogens with two attached hydrogens (primary N) is 1. The summed E-state index contributed by atoms with van der Waals surface area (Å²) >= 11 is 0. The van der Waals surface area contributed by atoms with Crippen LogP contribution in [0, 0.1) is 5.82 Å². The number of hydrogen-bond donors (Lipinski definition) is 3. The van der Waals surface area contributed by atoms with E-state index >= 15 is 0 Å². The number of nitrogen functional groups attached to an aromatic ring is 1. The normalized spacial score (nSPS) is 15.3. The van der Waals surface area contributed by atoms with Crippen LogP contribution in [-0.2, 0) is 11.2 Å². The number of carbonyl (C=O) groups is 1. The second-order valence-electron chi connectivity index (χ2n) is 7.83. The van der Waals surface area contributed by atoms with Crippen LogP contribution in [0.2, 0.25) is 0 Å². The van der Waals surface area contributed by atoms with Crippen molar-refractivity contribution in [1.29, 1.82) is 0 Å². The van der Waals surface area contributed by atoms with Crippen LogP contribution in [0.3, 0.4) is 0 Å². The number of amides is 1. The van der Waals surface area contributed by atoms with Gasteiger partial charge in [-0.05, 0) is 43.2 Å². The molecule has 0 fully saturated rings. The Balaban J connectivity index is 1.56. The molecule has 2 aromatic carbocycles. The summed E-state index contributed by atoms with van der Waals surface area (Å²) in [4.78, 5) is 18.8. The Hall–Kier alpha value is -3.91. The predicted octanol–water partition coefficient (Wildman–Crippen LogP) is 4.55. The van der Waals surface area contributed by atoms with Gasteiger partial charge in [-0.2, -0.15) is 0 Å². The molecular weight excluding hydrogens is 423 g/mol. The average Bonchev–Trinajstić information content (AvgIpc) is 2.79. The number of aliphatic hydroxyl groups excluding tert-OH is 1. The van der Waals surface area contributed by atoms with Crippen molar-refractivity contribution in [2.75, 3.05) is 23.0 Å². The molecular formula is C25H25FN4O3. The summed E-state index contributed by atoms with van der Waals surface area (Å²) in [7, 11) is 1.84. The third kappa shape index (κ3) is 4.38. The standard InChI is InChI=1S/C25H25FN4O3/c1-4-15-5-7-20-18(11-15)24(31)23(14(2)30(20)3)25(32)29-16-6-8-21(19(26)12-16)33-17-9-10-28-22(27)13-17/h5-13,24,31H,4H2,1-3H3,(H2,27,28)(H,29,32). The quantitative estimate of drug-likeness (QED) is 0.529. The number of hydrogen-bond acceptors (Lipinski definition) is 6. The van der Waals surface area contributed by atoms with E-state index in [1.165, 1.54) is 24.4 Å². The van der Waals surface area contributed by atoms with Crippen molar-refractivity contribution < 1.29 is 19.0 Å². The van der Waals surface area contributed by atoms with Crippen LogP contribution < -0.4 is 20.7 Å². The Morgan fingerprint density at radius 3 is 2.73 bits per heavy atom. The van der Waals surface area contributed by atoms with Crippen molar-refractivity contribution in [3.8, 4) is 11.5 Å². The third-order valence-corrected chi connectivity index (χ3v) is 5.74. The number of nitrogens with one attached hydrogen (secondary N) is 1. The van der Waals surface area contributed by atoms with E-state index < -0.39 is 17.8 Å². The molecule has 1 aliphatic heterocycles. The highest BCUT2D eigenvalue weighted by Gasteiger charge is 2.32. The van der Waals surface area contributed by atoms with Crippen molar-refractivity contribution in [2.45, 2.75) is 26.4 Å². The summed E-state index contributed by atoms with van der Waals surface area (Å²) in [5.41, 5.74) is 9.26. The summed E-state index contributed by atoms with van der Waals surface area (Å²) in [6.07, 6.45) is 1.18. The maximum absolute atomic E-state index is 14.6. The van der Waals surface area contributed by atoms with E-state index in [2.05, 4.69) is 10.3 Å². The van der Waals surface area contributed by atoms with Gasteiger partial charge in [0.25, 0.3) is 5.91 Å². The lowest BCUT2D eigenvalue weighted by molar-refractivity contribution is -0.113. The highest BCUT2D eigenvalue weighted by molar-refractivity contribution is 6.06. The van der Waals surface area contributed by atoms with Gasteiger partial charge in [-0.3, -0.25) is 4.79 Å². The highest BCUT2D eigenvalue weighted by Crippen LogP contribution is 2.40. The fourth-order valence-electron chi connectivity index (χ4n) is 3.83. The second kappa shape index (κ2) is 8.91. The number of halogens is 1. The minimum absolute atomic E-state index is 0.0209. The first-order valence-corrected chi connectivity index (χ1v) is 10.5. The van der Waals surface area contributed by atoms with Gasteiger partial charge in [-0.15, -0.1) is 0 Å². The van der Waals surface area contributed by atoms with Gasteiger partial charge in [0.05, 0.1) is 5.57 Å². The van der Waals surface area contributed by atoms with Crippen LogP contribution in [-0.4, -0.2) is 23.0 Å². The average molecular weight is 448 g/mol. The number of rotatable bonds is 5. The van der Waals surface area contributed by atoms with E-state index in [1.807, 2.05) is 37.1 Å². The van der Waals surface area contributed by atoms with Gasteiger partial charge in [0.15, 0.2) is 11.6 Å². The first-order chi connectivity index (χ1) is 15.8. The Morgan fingerprint density at radius 2 is 2.03 bits per heavy atom. The number of benzene rings is 2. The largest absolute Gasteiger partial charge is 0.454 e. The van der Waals surface area contributed by atoms with E-state index in [0.29, 0.717) is 17.0 Å². The molecule has 0 bridgehead atoms. The van der Waals surface area contributed by atoms with Crippen LogP contribution in [0.15, 0.2) is 66.0 Å². The number of carbonyl (C=O) groups excluding carboxylic acids is 1. The Morgan fingerprint density at radius 1 is 1.24 bits per heavy atom. The molecule has 33 heavy (non-hydrogen) atoms. The van der Waals surface area contributed by atoms with Gasteiger partial charge < -0.3 is 25.8 Å². The number of ether oxygens (including phenoxy) is 1. The van der Waals surface area contributed by atoms with E-state index in [9.17, 15) is 14.3 Å². The van der Waals surface area contributed by atoms with Crippen LogP contribution in [0.5, 0.6) is 11.5 Å². The molecule has 1 amide bonds. The topological polar surface area (TPSA) is 101 Å². The van der Waals surface area contributed by atoms with Gasteiger partial charge in [0.1, 0.15) is 17.7 Å². The Labute approximate surface area is 191 Å². The van der Waals surface area contributed by atoms with Crippen molar-refractivity contribution in [2.24, 2.45) is 0 Å². The second-order valence-corrected chi connectivity index (χ2v) is 7.83. The lowest BCUT2D eigenvalue weighted by atomic mass is 9.91. The van der Waals surface area contributed by atoms with Gasteiger partial charge in [0, 0.05) is 48.0 Å². The summed E-state index contributed by atoms with van der Waals surface area (Å²) in [6, 6.07) is 13.0. The molecule has 4 N–H and O–H groups in total. The monoisotopic (exact) mass is 448 g/mol. The summed E-state index contributed by atoms with van der Waals surface area (Å²) in [6.45, 7) is 3.80.